The van der Waals surface area contributed by atoms with Gasteiger partial charge in [0.1, 0.15) is 10.8 Å². The lowest BCUT2D eigenvalue weighted by Gasteiger charge is -2.12. The molecule has 20 heavy (non-hydrogen) atoms. The highest BCUT2D eigenvalue weighted by Gasteiger charge is 2.07. The van der Waals surface area contributed by atoms with E-state index in [4.69, 9.17) is 16.3 Å². The SMILES string of the molecule is CCNc1ncc(Cl)c(Nc2ccc(OC)cc2C)n1. The van der Waals surface area contributed by atoms with Crippen molar-refractivity contribution in [3.8, 4) is 5.75 Å². The lowest BCUT2D eigenvalue weighted by atomic mass is 10.2. The number of halogens is 1. The summed E-state index contributed by atoms with van der Waals surface area (Å²) in [5.41, 5.74) is 1.97. The van der Waals surface area contributed by atoms with Crippen LogP contribution in [0.15, 0.2) is 24.4 Å². The zero-order chi connectivity index (χ0) is 14.5. The number of hydrogen-bond acceptors (Lipinski definition) is 5. The third kappa shape index (κ3) is 3.30. The minimum absolute atomic E-state index is 0.474. The molecule has 0 saturated carbocycles. The van der Waals surface area contributed by atoms with E-state index in [-0.39, 0.29) is 0 Å². The molecule has 1 aromatic heterocycles. The monoisotopic (exact) mass is 292 g/mol. The fraction of sp³-hybridized carbons (Fsp3) is 0.286. The van der Waals surface area contributed by atoms with Crippen molar-refractivity contribution >= 4 is 29.1 Å². The van der Waals surface area contributed by atoms with E-state index in [1.807, 2.05) is 32.0 Å². The van der Waals surface area contributed by atoms with Gasteiger partial charge in [-0.05, 0) is 37.6 Å². The smallest absolute Gasteiger partial charge is 0.224 e. The van der Waals surface area contributed by atoms with Gasteiger partial charge in [0.15, 0.2) is 5.82 Å². The van der Waals surface area contributed by atoms with Crippen molar-refractivity contribution in [2.45, 2.75) is 13.8 Å². The zero-order valence-electron chi connectivity index (χ0n) is 11.7. The number of aromatic nitrogens is 2. The van der Waals surface area contributed by atoms with Crippen molar-refractivity contribution in [2.24, 2.45) is 0 Å². The van der Waals surface area contributed by atoms with E-state index in [2.05, 4.69) is 20.6 Å². The quantitative estimate of drug-likeness (QED) is 0.881. The van der Waals surface area contributed by atoms with Gasteiger partial charge < -0.3 is 15.4 Å². The van der Waals surface area contributed by atoms with Crippen LogP contribution in [-0.4, -0.2) is 23.6 Å². The van der Waals surface area contributed by atoms with E-state index in [0.29, 0.717) is 16.8 Å². The maximum atomic E-state index is 6.12. The van der Waals surface area contributed by atoms with Gasteiger partial charge >= 0.3 is 0 Å². The summed E-state index contributed by atoms with van der Waals surface area (Å²) in [6.45, 7) is 4.73. The van der Waals surface area contributed by atoms with Gasteiger partial charge in [0, 0.05) is 12.2 Å². The van der Waals surface area contributed by atoms with Crippen molar-refractivity contribution in [1.82, 2.24) is 9.97 Å². The molecule has 2 rings (SSSR count). The van der Waals surface area contributed by atoms with E-state index >= 15 is 0 Å². The largest absolute Gasteiger partial charge is 0.497 e. The molecule has 0 fully saturated rings. The Labute approximate surface area is 123 Å². The molecule has 0 radical (unpaired) electrons. The highest BCUT2D eigenvalue weighted by Crippen LogP contribution is 2.27. The number of hydrogen-bond donors (Lipinski definition) is 2. The normalized spacial score (nSPS) is 10.2. The molecule has 0 aliphatic heterocycles. The molecule has 2 N–H and O–H groups in total. The predicted molar refractivity (Wildman–Crippen MR) is 82.2 cm³/mol. The van der Waals surface area contributed by atoms with Crippen LogP contribution in [0.25, 0.3) is 0 Å². The molecule has 0 unspecified atom stereocenters. The molecule has 0 spiro atoms. The fourth-order valence-electron chi connectivity index (χ4n) is 1.73. The number of anilines is 3. The number of nitrogens with one attached hydrogen (secondary N) is 2. The van der Waals surface area contributed by atoms with Crippen LogP contribution in [0.2, 0.25) is 5.02 Å². The van der Waals surface area contributed by atoms with Gasteiger partial charge in [0.25, 0.3) is 0 Å². The molecule has 0 saturated heterocycles. The van der Waals surface area contributed by atoms with Gasteiger partial charge in [-0.25, -0.2) is 4.98 Å². The third-order valence-corrected chi connectivity index (χ3v) is 3.04. The molecule has 1 heterocycles. The van der Waals surface area contributed by atoms with E-state index in [0.717, 1.165) is 23.5 Å². The first-order chi connectivity index (χ1) is 9.63. The van der Waals surface area contributed by atoms with Gasteiger partial charge in [0.2, 0.25) is 5.95 Å². The Bertz CT molecular complexity index is 604. The fourth-order valence-corrected chi connectivity index (χ4v) is 1.87. The van der Waals surface area contributed by atoms with Gasteiger partial charge in [-0.2, -0.15) is 4.98 Å². The second kappa shape index (κ2) is 6.43. The Hall–Kier alpha value is -2.01. The molecule has 0 amide bonds. The zero-order valence-corrected chi connectivity index (χ0v) is 12.5. The van der Waals surface area contributed by atoms with Crippen LogP contribution in [0.5, 0.6) is 5.75 Å². The third-order valence-electron chi connectivity index (χ3n) is 2.77. The van der Waals surface area contributed by atoms with Gasteiger partial charge in [0.05, 0.1) is 13.3 Å². The maximum Gasteiger partial charge on any atom is 0.224 e. The van der Waals surface area contributed by atoms with Crippen molar-refractivity contribution in [2.75, 3.05) is 24.3 Å². The molecule has 1 aromatic carbocycles. The molecule has 0 aliphatic carbocycles. The molecular weight excluding hydrogens is 276 g/mol. The Morgan fingerprint density at radius 2 is 2.15 bits per heavy atom. The van der Waals surface area contributed by atoms with Crippen LogP contribution < -0.4 is 15.4 Å². The van der Waals surface area contributed by atoms with Crippen molar-refractivity contribution < 1.29 is 4.74 Å². The molecule has 0 bridgehead atoms. The predicted octanol–water partition coefficient (Wildman–Crippen LogP) is 3.62. The summed E-state index contributed by atoms with van der Waals surface area (Å²) >= 11 is 6.12. The van der Waals surface area contributed by atoms with Crippen LogP contribution in [-0.2, 0) is 0 Å². The van der Waals surface area contributed by atoms with E-state index in [1.165, 1.54) is 0 Å². The molecule has 0 aliphatic rings. The summed E-state index contributed by atoms with van der Waals surface area (Å²) < 4.78 is 5.19. The Balaban J connectivity index is 2.27. The number of methoxy groups -OCH3 is 1. The summed E-state index contributed by atoms with van der Waals surface area (Å²) in [5.74, 6) is 1.94. The molecule has 5 nitrogen and oxygen atoms in total. The second-order valence-corrected chi connectivity index (χ2v) is 4.63. The lowest BCUT2D eigenvalue weighted by molar-refractivity contribution is 0.414. The van der Waals surface area contributed by atoms with Gasteiger partial charge in [-0.3, -0.25) is 0 Å². The first-order valence-corrected chi connectivity index (χ1v) is 6.70. The molecule has 6 heteroatoms. The van der Waals surface area contributed by atoms with Crippen LogP contribution in [0.4, 0.5) is 17.5 Å². The molecule has 0 atom stereocenters. The minimum atomic E-state index is 0.474. The molecule has 106 valence electrons. The average molecular weight is 293 g/mol. The maximum absolute atomic E-state index is 6.12. The summed E-state index contributed by atoms with van der Waals surface area (Å²) in [6, 6.07) is 5.76. The number of aryl methyl sites for hydroxylation is 1. The Morgan fingerprint density at radius 1 is 1.35 bits per heavy atom. The Morgan fingerprint density at radius 3 is 2.80 bits per heavy atom. The number of benzene rings is 1. The topological polar surface area (TPSA) is 59.1 Å². The number of rotatable bonds is 5. The molecule has 2 aromatic rings. The number of ether oxygens (including phenoxy) is 1. The van der Waals surface area contributed by atoms with Crippen LogP contribution in [0, 0.1) is 6.92 Å². The van der Waals surface area contributed by atoms with Crippen LogP contribution in [0.1, 0.15) is 12.5 Å². The van der Waals surface area contributed by atoms with Gasteiger partial charge in [-0.1, -0.05) is 11.6 Å². The van der Waals surface area contributed by atoms with E-state index in [9.17, 15) is 0 Å². The first kappa shape index (κ1) is 14.4. The standard InChI is InChI=1S/C14H17ClN4O/c1-4-16-14-17-8-11(15)13(19-14)18-12-6-5-10(20-3)7-9(12)2/h5-8H,4H2,1-3H3,(H2,16,17,18,19). The first-order valence-electron chi connectivity index (χ1n) is 6.32. The van der Waals surface area contributed by atoms with Crippen LogP contribution >= 0.6 is 11.6 Å². The summed E-state index contributed by atoms with van der Waals surface area (Å²) in [6.07, 6.45) is 1.58. The number of nitrogens with zero attached hydrogens (tertiary/aromatic N) is 2. The highest BCUT2D eigenvalue weighted by molar-refractivity contribution is 6.32. The minimum Gasteiger partial charge on any atom is -0.497 e. The van der Waals surface area contributed by atoms with E-state index in [1.54, 1.807) is 13.3 Å². The van der Waals surface area contributed by atoms with Crippen molar-refractivity contribution in [1.29, 1.82) is 0 Å². The highest BCUT2D eigenvalue weighted by atomic mass is 35.5. The summed E-state index contributed by atoms with van der Waals surface area (Å²) in [5, 5.41) is 6.74. The Kier molecular flexibility index (Phi) is 4.63. The summed E-state index contributed by atoms with van der Waals surface area (Å²) in [7, 11) is 1.64. The summed E-state index contributed by atoms with van der Waals surface area (Å²) in [4.78, 5) is 8.45. The molecular formula is C14H17ClN4O. The van der Waals surface area contributed by atoms with Gasteiger partial charge in [-0.15, -0.1) is 0 Å². The second-order valence-electron chi connectivity index (χ2n) is 4.23. The van der Waals surface area contributed by atoms with Crippen molar-refractivity contribution in [3.05, 3.63) is 35.0 Å². The van der Waals surface area contributed by atoms with Crippen LogP contribution in [0.3, 0.4) is 0 Å². The average Bonchev–Trinajstić information content (AvgIpc) is 2.44. The van der Waals surface area contributed by atoms with E-state index < -0.39 is 0 Å². The lowest BCUT2D eigenvalue weighted by Crippen LogP contribution is -2.05. The van der Waals surface area contributed by atoms with Crippen molar-refractivity contribution in [3.63, 3.8) is 0 Å².